The van der Waals surface area contributed by atoms with E-state index in [4.69, 9.17) is 16.3 Å². The maximum absolute atomic E-state index is 6.19. The van der Waals surface area contributed by atoms with Crippen LogP contribution in [-0.4, -0.2) is 32.8 Å². The van der Waals surface area contributed by atoms with Crippen LogP contribution in [0.5, 0.6) is 0 Å². The van der Waals surface area contributed by atoms with Gasteiger partial charge in [-0.3, -0.25) is 0 Å². The molecule has 3 nitrogen and oxygen atoms in total. The molecule has 0 aromatic heterocycles. The molecule has 0 unspecified atom stereocenters. The number of nitrogens with one attached hydrogen (secondary N) is 1. The summed E-state index contributed by atoms with van der Waals surface area (Å²) < 4.78 is 5.45. The summed E-state index contributed by atoms with van der Waals surface area (Å²) in [6.45, 7) is 5.85. The number of rotatable bonds is 6. The summed E-state index contributed by atoms with van der Waals surface area (Å²) in [4.78, 5) is 2.37. The second-order valence-corrected chi connectivity index (χ2v) is 5.84. The van der Waals surface area contributed by atoms with Crippen LogP contribution >= 0.6 is 11.6 Å². The van der Waals surface area contributed by atoms with Crippen molar-refractivity contribution in [1.29, 1.82) is 0 Å². The number of ether oxygens (including phenoxy) is 1. The van der Waals surface area contributed by atoms with Gasteiger partial charge in [0.25, 0.3) is 0 Å². The van der Waals surface area contributed by atoms with E-state index in [1.165, 1.54) is 11.3 Å². The smallest absolute Gasteiger partial charge is 0.0485 e. The fourth-order valence-electron chi connectivity index (χ4n) is 2.68. The predicted octanol–water partition coefficient (Wildman–Crippen LogP) is 3.45. The molecule has 1 saturated heterocycles. The summed E-state index contributed by atoms with van der Waals surface area (Å²) in [5.41, 5.74) is 2.56. The van der Waals surface area contributed by atoms with Gasteiger partial charge in [0, 0.05) is 43.6 Å². The standard InChI is InChI=1S/C16H25ClN2O/c1-3-8-18-12-13-4-5-14(17)11-16(13)19(2)15-6-9-20-10-7-15/h4-5,11,15,18H,3,6-10,12H2,1-2H3. The Hall–Kier alpha value is -0.770. The highest BCUT2D eigenvalue weighted by Crippen LogP contribution is 2.28. The Morgan fingerprint density at radius 2 is 2.10 bits per heavy atom. The van der Waals surface area contributed by atoms with E-state index >= 15 is 0 Å². The van der Waals surface area contributed by atoms with E-state index < -0.39 is 0 Å². The zero-order valence-corrected chi connectivity index (χ0v) is 13.2. The summed E-state index contributed by atoms with van der Waals surface area (Å²) >= 11 is 6.19. The van der Waals surface area contributed by atoms with E-state index in [-0.39, 0.29) is 0 Å². The Labute approximate surface area is 127 Å². The molecule has 0 bridgehead atoms. The number of benzene rings is 1. The van der Waals surface area contributed by atoms with Crippen LogP contribution in [0.25, 0.3) is 0 Å². The molecule has 0 aliphatic carbocycles. The maximum atomic E-state index is 6.19. The van der Waals surface area contributed by atoms with E-state index in [1.54, 1.807) is 0 Å². The molecule has 20 heavy (non-hydrogen) atoms. The van der Waals surface area contributed by atoms with Crippen LogP contribution in [0.4, 0.5) is 5.69 Å². The summed E-state index contributed by atoms with van der Waals surface area (Å²) in [7, 11) is 2.17. The first-order valence-electron chi connectivity index (χ1n) is 7.52. The third-order valence-electron chi connectivity index (χ3n) is 3.91. The van der Waals surface area contributed by atoms with Crippen LogP contribution in [-0.2, 0) is 11.3 Å². The van der Waals surface area contributed by atoms with E-state index in [2.05, 4.69) is 36.3 Å². The van der Waals surface area contributed by atoms with Gasteiger partial charge in [-0.25, -0.2) is 0 Å². The number of halogens is 1. The number of hydrogen-bond donors (Lipinski definition) is 1. The van der Waals surface area contributed by atoms with Crippen molar-refractivity contribution in [2.75, 3.05) is 31.7 Å². The van der Waals surface area contributed by atoms with E-state index in [0.29, 0.717) is 6.04 Å². The quantitative estimate of drug-likeness (QED) is 0.814. The topological polar surface area (TPSA) is 24.5 Å². The largest absolute Gasteiger partial charge is 0.381 e. The van der Waals surface area contributed by atoms with E-state index in [0.717, 1.165) is 50.6 Å². The van der Waals surface area contributed by atoms with Gasteiger partial charge in [-0.15, -0.1) is 0 Å². The first kappa shape index (κ1) is 15.6. The van der Waals surface area contributed by atoms with Crippen LogP contribution in [0.15, 0.2) is 18.2 Å². The second-order valence-electron chi connectivity index (χ2n) is 5.40. The van der Waals surface area contributed by atoms with Crippen LogP contribution < -0.4 is 10.2 Å². The molecule has 112 valence electrons. The lowest BCUT2D eigenvalue weighted by Crippen LogP contribution is -2.37. The molecule has 1 fully saturated rings. The average Bonchev–Trinajstić information content (AvgIpc) is 2.49. The van der Waals surface area contributed by atoms with Gasteiger partial charge in [0.2, 0.25) is 0 Å². The molecule has 1 aromatic rings. The Bertz CT molecular complexity index is 419. The van der Waals surface area contributed by atoms with Crippen LogP contribution in [0.2, 0.25) is 5.02 Å². The summed E-state index contributed by atoms with van der Waals surface area (Å²) in [5.74, 6) is 0. The van der Waals surface area contributed by atoms with Crippen LogP contribution in [0, 0.1) is 0 Å². The minimum atomic E-state index is 0.548. The van der Waals surface area contributed by atoms with Gasteiger partial charge in [-0.2, -0.15) is 0 Å². The Morgan fingerprint density at radius 3 is 2.80 bits per heavy atom. The summed E-state index contributed by atoms with van der Waals surface area (Å²) in [6, 6.07) is 6.74. The lowest BCUT2D eigenvalue weighted by atomic mass is 10.0. The SMILES string of the molecule is CCCNCc1ccc(Cl)cc1N(C)C1CCOCC1. The fourth-order valence-corrected chi connectivity index (χ4v) is 2.85. The molecule has 0 atom stereocenters. The van der Waals surface area contributed by atoms with Crippen molar-refractivity contribution in [2.24, 2.45) is 0 Å². The molecule has 1 aliphatic heterocycles. The third-order valence-corrected chi connectivity index (χ3v) is 4.14. The molecule has 0 radical (unpaired) electrons. The number of hydrogen-bond acceptors (Lipinski definition) is 3. The van der Waals surface area contributed by atoms with Crippen molar-refractivity contribution in [3.63, 3.8) is 0 Å². The van der Waals surface area contributed by atoms with Crippen molar-refractivity contribution >= 4 is 17.3 Å². The Balaban J connectivity index is 2.12. The number of anilines is 1. The lowest BCUT2D eigenvalue weighted by Gasteiger charge is -2.34. The van der Waals surface area contributed by atoms with Gasteiger partial charge >= 0.3 is 0 Å². The van der Waals surface area contributed by atoms with Crippen LogP contribution in [0.3, 0.4) is 0 Å². The molecule has 1 aliphatic rings. The molecule has 0 spiro atoms. The minimum absolute atomic E-state index is 0.548. The second kappa shape index (κ2) is 7.87. The van der Waals surface area contributed by atoms with Crippen molar-refractivity contribution in [3.8, 4) is 0 Å². The van der Waals surface area contributed by atoms with E-state index in [1.807, 2.05) is 6.07 Å². The van der Waals surface area contributed by atoms with Gasteiger partial charge in [0.1, 0.15) is 0 Å². The highest BCUT2D eigenvalue weighted by Gasteiger charge is 2.20. The summed E-state index contributed by atoms with van der Waals surface area (Å²) in [6.07, 6.45) is 3.33. The van der Waals surface area contributed by atoms with E-state index in [9.17, 15) is 0 Å². The fraction of sp³-hybridized carbons (Fsp3) is 0.625. The molecule has 0 saturated carbocycles. The van der Waals surface area contributed by atoms with Crippen molar-refractivity contribution in [2.45, 2.75) is 38.8 Å². The highest BCUT2D eigenvalue weighted by atomic mass is 35.5. The van der Waals surface area contributed by atoms with Crippen molar-refractivity contribution < 1.29 is 4.74 Å². The van der Waals surface area contributed by atoms with Crippen LogP contribution in [0.1, 0.15) is 31.7 Å². The zero-order valence-electron chi connectivity index (χ0n) is 12.5. The van der Waals surface area contributed by atoms with Gasteiger partial charge in [0.15, 0.2) is 0 Å². The molecule has 2 rings (SSSR count). The molecule has 0 amide bonds. The van der Waals surface area contributed by atoms with Crippen molar-refractivity contribution in [3.05, 3.63) is 28.8 Å². The molecular weight excluding hydrogens is 272 g/mol. The molecule has 1 N–H and O–H groups in total. The Kier molecular flexibility index (Phi) is 6.14. The molecule has 1 aromatic carbocycles. The normalized spacial score (nSPS) is 16.4. The first-order chi connectivity index (χ1) is 9.72. The monoisotopic (exact) mass is 296 g/mol. The average molecular weight is 297 g/mol. The zero-order chi connectivity index (χ0) is 14.4. The number of nitrogens with zero attached hydrogens (tertiary/aromatic N) is 1. The predicted molar refractivity (Wildman–Crippen MR) is 85.7 cm³/mol. The van der Waals surface area contributed by atoms with Gasteiger partial charge < -0.3 is 15.0 Å². The lowest BCUT2D eigenvalue weighted by molar-refractivity contribution is 0.0854. The van der Waals surface area contributed by atoms with Gasteiger partial charge in [-0.1, -0.05) is 24.6 Å². The van der Waals surface area contributed by atoms with Gasteiger partial charge in [0.05, 0.1) is 0 Å². The maximum Gasteiger partial charge on any atom is 0.0485 e. The minimum Gasteiger partial charge on any atom is -0.381 e. The molecular formula is C16H25ClN2O. The Morgan fingerprint density at radius 1 is 1.35 bits per heavy atom. The highest BCUT2D eigenvalue weighted by molar-refractivity contribution is 6.30. The van der Waals surface area contributed by atoms with Gasteiger partial charge in [-0.05, 0) is 43.5 Å². The molecule has 1 heterocycles. The third kappa shape index (κ3) is 4.11. The van der Waals surface area contributed by atoms with Crippen molar-refractivity contribution in [1.82, 2.24) is 5.32 Å². The first-order valence-corrected chi connectivity index (χ1v) is 7.90. The summed E-state index contributed by atoms with van der Waals surface area (Å²) in [5, 5.41) is 4.28. The molecule has 4 heteroatoms.